The van der Waals surface area contributed by atoms with Gasteiger partial charge in [-0.25, -0.2) is 9.97 Å². The molecule has 0 amide bonds. The average molecular weight is 992 g/mol. The molecule has 10 aromatic carbocycles. The molecular weight excluding hydrogens is 935 g/mol. The van der Waals surface area contributed by atoms with Crippen LogP contribution in [0, 0.1) is 0 Å². The van der Waals surface area contributed by atoms with Crippen LogP contribution < -0.4 is 0 Å². The summed E-state index contributed by atoms with van der Waals surface area (Å²) >= 11 is 0. The van der Waals surface area contributed by atoms with Gasteiger partial charge in [-0.15, -0.1) is 0 Å². The Balaban J connectivity index is 1.11. The number of aromatic nitrogens is 5. The summed E-state index contributed by atoms with van der Waals surface area (Å²) in [5.74, 6) is 0.697. The molecule has 370 valence electrons. The van der Waals surface area contributed by atoms with Crippen LogP contribution in [0.3, 0.4) is 0 Å². The molecular formula is C72H57N5. The Bertz CT molecular complexity index is 4240. The first-order valence-electron chi connectivity index (χ1n) is 26.8. The fourth-order valence-electron chi connectivity index (χ4n) is 11.8. The number of fused-ring (bicyclic) bond motifs is 9. The first kappa shape index (κ1) is 46.2. The molecule has 0 bridgehead atoms. The fraction of sp³-hybridized carbons (Fsp3) is 0.111. The van der Waals surface area contributed by atoms with E-state index in [9.17, 15) is 0 Å². The van der Waals surface area contributed by atoms with Gasteiger partial charge in [0.1, 0.15) is 0 Å². The first-order valence-corrected chi connectivity index (χ1v) is 26.8. The van der Waals surface area contributed by atoms with Gasteiger partial charge < -0.3 is 13.7 Å². The summed E-state index contributed by atoms with van der Waals surface area (Å²) in [7, 11) is 0. The highest BCUT2D eigenvalue weighted by Gasteiger charge is 2.28. The molecule has 0 atom stereocenters. The van der Waals surface area contributed by atoms with Gasteiger partial charge in [0.05, 0.1) is 61.6 Å². The van der Waals surface area contributed by atoms with Gasteiger partial charge in [0, 0.05) is 49.0 Å². The molecule has 0 saturated carbocycles. The molecule has 4 aromatic heterocycles. The van der Waals surface area contributed by atoms with Crippen molar-refractivity contribution in [2.24, 2.45) is 0 Å². The van der Waals surface area contributed by atoms with Crippen molar-refractivity contribution in [3.05, 3.63) is 248 Å². The molecule has 5 heteroatoms. The molecule has 0 aliphatic rings. The van der Waals surface area contributed by atoms with Crippen molar-refractivity contribution in [2.75, 3.05) is 0 Å². The Hall–Kier alpha value is -9.32. The number of hydrogen-bond acceptors (Lipinski definition) is 2. The highest BCUT2D eigenvalue weighted by molar-refractivity contribution is 6.14. The summed E-state index contributed by atoms with van der Waals surface area (Å²) in [4.78, 5) is 10.3. The van der Waals surface area contributed by atoms with Crippen molar-refractivity contribution in [1.82, 2.24) is 23.7 Å². The van der Waals surface area contributed by atoms with Crippen molar-refractivity contribution < 1.29 is 0 Å². The Morgan fingerprint density at radius 1 is 0.273 bits per heavy atom. The largest absolute Gasteiger partial charge is 0.307 e. The summed E-state index contributed by atoms with van der Waals surface area (Å²) < 4.78 is 7.63. The first-order chi connectivity index (χ1) is 37.5. The molecule has 14 rings (SSSR count). The molecule has 0 saturated heterocycles. The summed E-state index contributed by atoms with van der Waals surface area (Å²) in [5, 5.41) is 7.34. The third-order valence-corrected chi connectivity index (χ3v) is 15.8. The van der Waals surface area contributed by atoms with E-state index in [1.165, 1.54) is 43.4 Å². The molecule has 0 aliphatic heterocycles. The lowest BCUT2D eigenvalue weighted by Crippen LogP contribution is -2.11. The molecule has 0 radical (unpaired) electrons. The van der Waals surface area contributed by atoms with E-state index in [1.807, 2.05) is 24.3 Å². The van der Waals surface area contributed by atoms with E-state index in [1.54, 1.807) is 0 Å². The van der Waals surface area contributed by atoms with E-state index in [2.05, 4.69) is 268 Å². The number of rotatable bonds is 7. The standard InChI is InChI=1S/C72H57N5/c1-71(2,3)51-37-39-65-57(43-51)58-44-52(72(4,5)6)38-40-66(58)77(65)69-67(75-61-29-17-13-25-53(61)54-26-14-18-30-62(54)75)41-50(42-68(69)76-63-31-19-15-27-55(63)56-28-16-20-32-64(56)76)46-33-35-48(36-34-46)60-45-59(47-21-9-7-10-22-47)73-70(74-60)49-23-11-8-12-24-49/h7-45H,1-6H3. The fourth-order valence-corrected chi connectivity index (χ4v) is 11.8. The Morgan fingerprint density at radius 2 is 0.623 bits per heavy atom. The van der Waals surface area contributed by atoms with Gasteiger partial charge in [-0.3, -0.25) is 0 Å². The third kappa shape index (κ3) is 7.67. The van der Waals surface area contributed by atoms with Gasteiger partial charge in [0.2, 0.25) is 0 Å². The summed E-state index contributed by atoms with van der Waals surface area (Å²) in [6.45, 7) is 13.9. The van der Waals surface area contributed by atoms with Gasteiger partial charge in [0.25, 0.3) is 0 Å². The van der Waals surface area contributed by atoms with Gasteiger partial charge in [-0.2, -0.15) is 0 Å². The van der Waals surface area contributed by atoms with Gasteiger partial charge in [0.15, 0.2) is 5.82 Å². The number of benzene rings is 10. The summed E-state index contributed by atoms with van der Waals surface area (Å²) in [6.07, 6.45) is 0. The highest BCUT2D eigenvalue weighted by atomic mass is 15.1. The van der Waals surface area contributed by atoms with Gasteiger partial charge in [-0.05, 0) is 99.8 Å². The van der Waals surface area contributed by atoms with Crippen LogP contribution in [0.15, 0.2) is 237 Å². The van der Waals surface area contributed by atoms with Crippen LogP contribution in [0.1, 0.15) is 52.7 Å². The van der Waals surface area contributed by atoms with Crippen molar-refractivity contribution in [1.29, 1.82) is 0 Å². The van der Waals surface area contributed by atoms with Gasteiger partial charge in [-0.1, -0.05) is 211 Å². The lowest BCUT2D eigenvalue weighted by atomic mass is 9.85. The summed E-state index contributed by atoms with van der Waals surface area (Å²) in [5.41, 5.74) is 19.7. The zero-order chi connectivity index (χ0) is 52.2. The Labute approximate surface area is 449 Å². The molecule has 77 heavy (non-hydrogen) atoms. The average Bonchev–Trinajstić information content (AvgIpc) is 4.21. The van der Waals surface area contributed by atoms with E-state index in [-0.39, 0.29) is 10.8 Å². The zero-order valence-electron chi connectivity index (χ0n) is 44.3. The predicted octanol–water partition coefficient (Wildman–Crippen LogP) is 19.0. The van der Waals surface area contributed by atoms with E-state index >= 15 is 0 Å². The van der Waals surface area contributed by atoms with E-state index in [4.69, 9.17) is 9.97 Å². The SMILES string of the molecule is CC(C)(C)c1ccc2c(c1)c1cc(C(C)(C)C)ccc1n2-c1c(-n2c3ccccc3c3ccccc32)cc(-c2ccc(-c3cc(-c4ccccc4)nc(-c4ccccc4)n3)cc2)cc1-n1c2ccccc2c2ccccc21. The predicted molar refractivity (Wildman–Crippen MR) is 324 cm³/mol. The van der Waals surface area contributed by atoms with Crippen molar-refractivity contribution in [2.45, 2.75) is 52.4 Å². The smallest absolute Gasteiger partial charge is 0.160 e. The van der Waals surface area contributed by atoms with E-state index < -0.39 is 0 Å². The minimum absolute atomic E-state index is 0.0501. The van der Waals surface area contributed by atoms with E-state index in [0.717, 1.165) is 89.4 Å². The second kappa shape index (κ2) is 17.6. The van der Waals surface area contributed by atoms with Crippen molar-refractivity contribution in [3.63, 3.8) is 0 Å². The molecule has 4 heterocycles. The molecule has 0 spiro atoms. The minimum Gasteiger partial charge on any atom is -0.307 e. The zero-order valence-corrected chi connectivity index (χ0v) is 44.3. The summed E-state index contributed by atoms with van der Waals surface area (Å²) in [6, 6.07) is 86.6. The number of hydrogen-bond donors (Lipinski definition) is 0. The van der Waals surface area contributed by atoms with Crippen LogP contribution in [0.25, 0.3) is 128 Å². The Kier molecular flexibility index (Phi) is 10.6. The molecule has 0 N–H and O–H groups in total. The molecule has 14 aromatic rings. The minimum atomic E-state index is -0.0501. The van der Waals surface area contributed by atoms with Crippen molar-refractivity contribution >= 4 is 65.4 Å². The van der Waals surface area contributed by atoms with Crippen LogP contribution in [-0.4, -0.2) is 23.7 Å². The monoisotopic (exact) mass is 991 g/mol. The van der Waals surface area contributed by atoms with Crippen LogP contribution in [0.2, 0.25) is 0 Å². The van der Waals surface area contributed by atoms with Crippen LogP contribution in [0.5, 0.6) is 0 Å². The second-order valence-electron chi connectivity index (χ2n) is 22.7. The maximum atomic E-state index is 5.22. The van der Waals surface area contributed by atoms with Crippen molar-refractivity contribution in [3.8, 4) is 62.1 Å². The lowest BCUT2D eigenvalue weighted by Gasteiger charge is -2.24. The molecule has 0 fully saturated rings. The van der Waals surface area contributed by atoms with Gasteiger partial charge >= 0.3 is 0 Å². The molecule has 0 aliphatic carbocycles. The topological polar surface area (TPSA) is 40.6 Å². The number of nitrogens with zero attached hydrogens (tertiary/aromatic N) is 5. The number of para-hydroxylation sites is 4. The second-order valence-corrected chi connectivity index (χ2v) is 22.7. The normalized spacial score (nSPS) is 12.3. The van der Waals surface area contributed by atoms with Crippen LogP contribution >= 0.6 is 0 Å². The molecule has 5 nitrogen and oxygen atoms in total. The quantitative estimate of drug-likeness (QED) is 0.160. The third-order valence-electron chi connectivity index (χ3n) is 15.8. The highest BCUT2D eigenvalue weighted by Crippen LogP contribution is 2.46. The van der Waals surface area contributed by atoms with Crippen LogP contribution in [-0.2, 0) is 10.8 Å². The molecule has 0 unspecified atom stereocenters. The Morgan fingerprint density at radius 3 is 1.04 bits per heavy atom. The lowest BCUT2D eigenvalue weighted by molar-refractivity contribution is 0.590. The van der Waals surface area contributed by atoms with E-state index in [0.29, 0.717) is 5.82 Å². The van der Waals surface area contributed by atoms with Crippen LogP contribution in [0.4, 0.5) is 0 Å². The maximum Gasteiger partial charge on any atom is 0.160 e. The maximum absolute atomic E-state index is 5.22.